The molecule has 0 amide bonds. The second-order valence-electron chi connectivity index (χ2n) is 2.97. The molecule has 1 heterocycles. The summed E-state index contributed by atoms with van der Waals surface area (Å²) in [4.78, 5) is 11.0. The van der Waals surface area contributed by atoms with Crippen LogP contribution in [0.3, 0.4) is 0 Å². The minimum absolute atomic E-state index is 0.304. The summed E-state index contributed by atoms with van der Waals surface area (Å²) in [5.74, 6) is 0.445. The predicted octanol–water partition coefficient (Wildman–Crippen LogP) is 1.77. The van der Waals surface area contributed by atoms with Crippen LogP contribution in [0.1, 0.15) is 11.1 Å². The lowest BCUT2D eigenvalue weighted by Crippen LogP contribution is -1.98. The van der Waals surface area contributed by atoms with Crippen LogP contribution in [0.4, 0.5) is 0 Å². The molecule has 0 unspecified atom stereocenters. The smallest absolute Gasteiger partial charge is 0.331 e. The van der Waals surface area contributed by atoms with Crippen LogP contribution in [0, 0.1) is 0 Å². The first-order valence-corrected chi connectivity index (χ1v) is 4.32. The van der Waals surface area contributed by atoms with E-state index in [0.717, 1.165) is 16.9 Å². The van der Waals surface area contributed by atoms with Gasteiger partial charge in [0.15, 0.2) is 0 Å². The number of cyclic esters (lactones) is 1. The minimum Gasteiger partial charge on any atom is -0.496 e. The minimum atomic E-state index is -0.316. The Morgan fingerprint density at radius 2 is 2.21 bits per heavy atom. The summed E-state index contributed by atoms with van der Waals surface area (Å²) in [6, 6.07) is 5.66. The summed E-state index contributed by atoms with van der Waals surface area (Å²) >= 11 is 0. The van der Waals surface area contributed by atoms with Gasteiger partial charge in [-0.15, -0.1) is 0 Å². The molecular formula is C11H10O3. The molecule has 1 aromatic carbocycles. The van der Waals surface area contributed by atoms with Crippen LogP contribution >= 0.6 is 0 Å². The van der Waals surface area contributed by atoms with E-state index < -0.39 is 0 Å². The van der Waals surface area contributed by atoms with Crippen molar-refractivity contribution in [1.82, 2.24) is 0 Å². The van der Waals surface area contributed by atoms with Crippen molar-refractivity contribution in [2.45, 2.75) is 6.61 Å². The van der Waals surface area contributed by atoms with Gasteiger partial charge in [0, 0.05) is 17.2 Å². The molecule has 0 aliphatic carbocycles. The van der Waals surface area contributed by atoms with Crippen LogP contribution < -0.4 is 4.74 Å². The lowest BCUT2D eigenvalue weighted by atomic mass is 10.1. The van der Waals surface area contributed by atoms with Crippen molar-refractivity contribution in [1.29, 1.82) is 0 Å². The molecule has 72 valence electrons. The molecule has 2 rings (SSSR count). The van der Waals surface area contributed by atoms with Crippen LogP contribution in [0.2, 0.25) is 0 Å². The van der Waals surface area contributed by atoms with Gasteiger partial charge in [-0.05, 0) is 12.1 Å². The summed E-state index contributed by atoms with van der Waals surface area (Å²) in [7, 11) is 1.61. The van der Waals surface area contributed by atoms with Crippen LogP contribution in [0.25, 0.3) is 6.08 Å². The molecule has 0 bridgehead atoms. The monoisotopic (exact) mass is 190 g/mol. The topological polar surface area (TPSA) is 35.5 Å². The standard InChI is InChI=1S/C11H10O3/c1-13-10-4-2-3-8-7-14-11(12)6-5-9(8)10/h2-6H,7H2,1H3. The van der Waals surface area contributed by atoms with Gasteiger partial charge in [0.25, 0.3) is 0 Å². The average Bonchev–Trinajstić information content (AvgIpc) is 2.41. The SMILES string of the molecule is COc1cccc2c1C=CC(=O)OC2. The van der Waals surface area contributed by atoms with E-state index in [9.17, 15) is 4.79 Å². The molecule has 0 atom stereocenters. The van der Waals surface area contributed by atoms with Crippen molar-refractivity contribution >= 4 is 12.0 Å². The second kappa shape index (κ2) is 3.54. The average molecular weight is 190 g/mol. The van der Waals surface area contributed by atoms with E-state index >= 15 is 0 Å². The lowest BCUT2D eigenvalue weighted by molar-refractivity contribution is -0.138. The quantitative estimate of drug-likeness (QED) is 0.633. The number of fused-ring (bicyclic) bond motifs is 1. The molecule has 0 radical (unpaired) electrons. The first kappa shape index (κ1) is 8.81. The van der Waals surface area contributed by atoms with Gasteiger partial charge in [-0.1, -0.05) is 12.1 Å². The normalized spacial score (nSPS) is 14.2. The number of hydrogen-bond donors (Lipinski definition) is 0. The molecule has 0 saturated carbocycles. The van der Waals surface area contributed by atoms with Gasteiger partial charge in [0.05, 0.1) is 7.11 Å². The third-order valence-electron chi connectivity index (χ3n) is 2.13. The summed E-state index contributed by atoms with van der Waals surface area (Å²) in [5, 5.41) is 0. The van der Waals surface area contributed by atoms with Crippen molar-refractivity contribution in [3.05, 3.63) is 35.4 Å². The number of ether oxygens (including phenoxy) is 2. The molecule has 14 heavy (non-hydrogen) atoms. The van der Waals surface area contributed by atoms with Gasteiger partial charge >= 0.3 is 5.97 Å². The van der Waals surface area contributed by atoms with Crippen LogP contribution in [-0.2, 0) is 16.1 Å². The zero-order chi connectivity index (χ0) is 9.97. The second-order valence-corrected chi connectivity index (χ2v) is 2.97. The van der Waals surface area contributed by atoms with E-state index in [1.807, 2.05) is 18.2 Å². The molecule has 0 saturated heterocycles. The molecule has 3 heteroatoms. The molecule has 0 aromatic heterocycles. The number of rotatable bonds is 1. The Balaban J connectivity index is 2.51. The molecule has 1 aliphatic heterocycles. The zero-order valence-electron chi connectivity index (χ0n) is 7.82. The zero-order valence-corrected chi connectivity index (χ0v) is 7.82. The van der Waals surface area contributed by atoms with Gasteiger partial charge in [0.1, 0.15) is 12.4 Å². The Kier molecular flexibility index (Phi) is 2.23. The number of methoxy groups -OCH3 is 1. The number of carbonyl (C=O) groups is 1. The Labute approximate surface area is 81.9 Å². The Hall–Kier alpha value is -1.77. The van der Waals surface area contributed by atoms with Gasteiger partial charge in [-0.2, -0.15) is 0 Å². The molecule has 1 aliphatic rings. The van der Waals surface area contributed by atoms with E-state index in [-0.39, 0.29) is 5.97 Å². The van der Waals surface area contributed by atoms with Crippen molar-refractivity contribution in [2.24, 2.45) is 0 Å². The fourth-order valence-electron chi connectivity index (χ4n) is 1.43. The Morgan fingerprint density at radius 3 is 3.00 bits per heavy atom. The van der Waals surface area contributed by atoms with Gasteiger partial charge in [0.2, 0.25) is 0 Å². The van der Waals surface area contributed by atoms with E-state index in [4.69, 9.17) is 9.47 Å². The highest BCUT2D eigenvalue weighted by molar-refractivity contribution is 5.89. The van der Waals surface area contributed by atoms with Crippen molar-refractivity contribution in [2.75, 3.05) is 7.11 Å². The fraction of sp³-hybridized carbons (Fsp3) is 0.182. The Morgan fingerprint density at radius 1 is 1.36 bits per heavy atom. The maximum absolute atomic E-state index is 11.0. The predicted molar refractivity (Wildman–Crippen MR) is 51.8 cm³/mol. The van der Waals surface area contributed by atoms with Crippen LogP contribution in [0.5, 0.6) is 5.75 Å². The number of hydrogen-bond acceptors (Lipinski definition) is 3. The maximum Gasteiger partial charge on any atom is 0.331 e. The van der Waals surface area contributed by atoms with Gasteiger partial charge in [-0.25, -0.2) is 4.79 Å². The number of benzene rings is 1. The first-order chi connectivity index (χ1) is 6.81. The summed E-state index contributed by atoms with van der Waals surface area (Å²) in [6.07, 6.45) is 3.14. The van der Waals surface area contributed by atoms with Gasteiger partial charge in [-0.3, -0.25) is 0 Å². The molecule has 0 spiro atoms. The highest BCUT2D eigenvalue weighted by Crippen LogP contribution is 2.25. The first-order valence-electron chi connectivity index (χ1n) is 4.32. The summed E-state index contributed by atoms with van der Waals surface area (Å²) in [6.45, 7) is 0.304. The largest absolute Gasteiger partial charge is 0.496 e. The third kappa shape index (κ3) is 1.48. The molecule has 1 aromatic rings. The highest BCUT2D eigenvalue weighted by Gasteiger charge is 2.11. The van der Waals surface area contributed by atoms with E-state index in [0.29, 0.717) is 6.61 Å². The van der Waals surface area contributed by atoms with E-state index in [1.54, 1.807) is 13.2 Å². The van der Waals surface area contributed by atoms with Crippen molar-refractivity contribution in [3.63, 3.8) is 0 Å². The fourth-order valence-corrected chi connectivity index (χ4v) is 1.43. The summed E-state index contributed by atoms with van der Waals surface area (Å²) in [5.41, 5.74) is 1.88. The third-order valence-corrected chi connectivity index (χ3v) is 2.13. The lowest BCUT2D eigenvalue weighted by Gasteiger charge is -2.08. The van der Waals surface area contributed by atoms with E-state index in [1.165, 1.54) is 6.08 Å². The number of carbonyl (C=O) groups excluding carboxylic acids is 1. The van der Waals surface area contributed by atoms with Crippen LogP contribution in [0.15, 0.2) is 24.3 Å². The number of esters is 1. The van der Waals surface area contributed by atoms with Crippen molar-refractivity contribution < 1.29 is 14.3 Å². The highest BCUT2D eigenvalue weighted by atomic mass is 16.5. The summed E-state index contributed by atoms with van der Waals surface area (Å²) < 4.78 is 10.1. The van der Waals surface area contributed by atoms with Crippen molar-refractivity contribution in [3.8, 4) is 5.75 Å². The van der Waals surface area contributed by atoms with Crippen LogP contribution in [-0.4, -0.2) is 13.1 Å². The Bertz CT molecular complexity index is 394. The molecule has 0 N–H and O–H groups in total. The van der Waals surface area contributed by atoms with Gasteiger partial charge < -0.3 is 9.47 Å². The molecule has 0 fully saturated rings. The molecular weight excluding hydrogens is 180 g/mol. The maximum atomic E-state index is 11.0. The molecule has 3 nitrogen and oxygen atoms in total. The van der Waals surface area contributed by atoms with E-state index in [2.05, 4.69) is 0 Å².